The first-order chi connectivity index (χ1) is 15.5. The number of thiazole rings is 1. The van der Waals surface area contributed by atoms with Crippen LogP contribution in [0.2, 0.25) is 0 Å². The molecule has 32 heavy (non-hydrogen) atoms. The first kappa shape index (κ1) is 20.6. The number of hydrogen-bond acceptors (Lipinski definition) is 5. The number of rotatable bonds is 5. The Hall–Kier alpha value is -3.29. The molecule has 2 heterocycles. The number of nitrogens with zero attached hydrogens (tertiary/aromatic N) is 3. The van der Waals surface area contributed by atoms with Crippen molar-refractivity contribution in [1.82, 2.24) is 14.6 Å². The van der Waals surface area contributed by atoms with Gasteiger partial charge in [0, 0.05) is 10.0 Å². The standard InChI is InChI=1S/C25H18BrN3O2S/c1-16-2-8-19(9-3-16)23-27-25-29(28-23)24(30)22(32-25)14-17-6-12-21(13-7-17)31-15-18-4-10-20(26)11-5-18/h2-14H,15H2,1H3/b22-14+. The van der Waals surface area contributed by atoms with Crippen LogP contribution in [0, 0.1) is 6.92 Å². The number of aromatic nitrogens is 3. The lowest BCUT2D eigenvalue weighted by molar-refractivity contribution is 0.306. The van der Waals surface area contributed by atoms with Crippen LogP contribution in [0.15, 0.2) is 82.1 Å². The lowest BCUT2D eigenvalue weighted by Gasteiger charge is -2.06. The van der Waals surface area contributed by atoms with Gasteiger partial charge in [-0.05, 0) is 48.4 Å². The summed E-state index contributed by atoms with van der Waals surface area (Å²) in [6.45, 7) is 2.53. The highest BCUT2D eigenvalue weighted by atomic mass is 79.9. The third kappa shape index (κ3) is 4.35. The molecule has 5 rings (SSSR count). The van der Waals surface area contributed by atoms with Crippen LogP contribution in [-0.4, -0.2) is 14.6 Å². The van der Waals surface area contributed by atoms with Gasteiger partial charge in [0.05, 0.1) is 4.53 Å². The minimum atomic E-state index is -0.161. The van der Waals surface area contributed by atoms with Crippen LogP contribution in [0.1, 0.15) is 16.7 Å². The molecule has 0 N–H and O–H groups in total. The predicted molar refractivity (Wildman–Crippen MR) is 131 cm³/mol. The zero-order valence-corrected chi connectivity index (χ0v) is 19.6. The van der Waals surface area contributed by atoms with E-state index in [4.69, 9.17) is 4.74 Å². The first-order valence-electron chi connectivity index (χ1n) is 10.0. The van der Waals surface area contributed by atoms with Crippen molar-refractivity contribution >= 4 is 38.3 Å². The van der Waals surface area contributed by atoms with Crippen molar-refractivity contribution in [3.63, 3.8) is 0 Å². The average molecular weight is 504 g/mol. The van der Waals surface area contributed by atoms with Gasteiger partial charge < -0.3 is 4.74 Å². The normalized spacial score (nSPS) is 11.9. The quantitative estimate of drug-likeness (QED) is 0.338. The van der Waals surface area contributed by atoms with Crippen LogP contribution < -0.4 is 14.8 Å². The van der Waals surface area contributed by atoms with Gasteiger partial charge in [0.25, 0.3) is 5.56 Å². The van der Waals surface area contributed by atoms with E-state index in [2.05, 4.69) is 26.0 Å². The fourth-order valence-electron chi connectivity index (χ4n) is 3.22. The van der Waals surface area contributed by atoms with E-state index in [0.29, 0.717) is 21.9 Å². The van der Waals surface area contributed by atoms with E-state index in [1.165, 1.54) is 21.4 Å². The molecule has 0 saturated heterocycles. The van der Waals surface area contributed by atoms with Gasteiger partial charge in [-0.1, -0.05) is 81.4 Å². The van der Waals surface area contributed by atoms with Gasteiger partial charge in [0.2, 0.25) is 4.96 Å². The number of hydrogen-bond donors (Lipinski definition) is 0. The summed E-state index contributed by atoms with van der Waals surface area (Å²) in [6.07, 6.45) is 1.85. The molecule has 7 heteroatoms. The summed E-state index contributed by atoms with van der Waals surface area (Å²) in [7, 11) is 0. The van der Waals surface area contributed by atoms with Gasteiger partial charge in [-0.2, -0.15) is 9.50 Å². The molecule has 0 aliphatic rings. The highest BCUT2D eigenvalue weighted by molar-refractivity contribution is 9.10. The van der Waals surface area contributed by atoms with E-state index in [-0.39, 0.29) is 5.56 Å². The summed E-state index contributed by atoms with van der Waals surface area (Å²) in [5, 5.41) is 4.41. The second kappa shape index (κ2) is 8.68. The first-order valence-corrected chi connectivity index (χ1v) is 11.6. The monoisotopic (exact) mass is 503 g/mol. The van der Waals surface area contributed by atoms with Crippen LogP contribution in [-0.2, 0) is 6.61 Å². The largest absolute Gasteiger partial charge is 0.489 e. The molecule has 2 aromatic heterocycles. The smallest absolute Gasteiger partial charge is 0.291 e. The van der Waals surface area contributed by atoms with Crippen molar-refractivity contribution < 1.29 is 4.74 Å². The molecule has 0 aliphatic carbocycles. The second-order valence-corrected chi connectivity index (χ2v) is 9.32. The van der Waals surface area contributed by atoms with Gasteiger partial charge in [-0.15, -0.1) is 5.10 Å². The minimum absolute atomic E-state index is 0.161. The third-order valence-corrected chi connectivity index (χ3v) is 6.48. The molecule has 0 bridgehead atoms. The van der Waals surface area contributed by atoms with Gasteiger partial charge in [-0.3, -0.25) is 4.79 Å². The Morgan fingerprint density at radius 3 is 2.41 bits per heavy atom. The molecule has 158 valence electrons. The molecule has 0 fully saturated rings. The minimum Gasteiger partial charge on any atom is -0.489 e. The number of ether oxygens (including phenoxy) is 1. The topological polar surface area (TPSA) is 56.5 Å². The average Bonchev–Trinajstić information content (AvgIpc) is 3.34. The maximum Gasteiger partial charge on any atom is 0.291 e. The summed E-state index contributed by atoms with van der Waals surface area (Å²) in [6, 6.07) is 23.7. The van der Waals surface area contributed by atoms with Crippen molar-refractivity contribution in [3.05, 3.63) is 109 Å². The van der Waals surface area contributed by atoms with E-state index in [9.17, 15) is 4.79 Å². The zero-order valence-electron chi connectivity index (χ0n) is 17.2. The molecule has 0 radical (unpaired) electrons. The highest BCUT2D eigenvalue weighted by Gasteiger charge is 2.11. The highest BCUT2D eigenvalue weighted by Crippen LogP contribution is 2.18. The van der Waals surface area contributed by atoms with Crippen LogP contribution in [0.3, 0.4) is 0 Å². The van der Waals surface area contributed by atoms with E-state index in [1.807, 2.05) is 85.8 Å². The summed E-state index contributed by atoms with van der Waals surface area (Å²) < 4.78 is 8.86. The maximum absolute atomic E-state index is 12.8. The Labute approximate surface area is 196 Å². The summed E-state index contributed by atoms with van der Waals surface area (Å²) >= 11 is 4.77. The molecule has 5 nitrogen and oxygen atoms in total. The van der Waals surface area contributed by atoms with E-state index in [0.717, 1.165) is 26.9 Å². The Morgan fingerprint density at radius 2 is 1.72 bits per heavy atom. The van der Waals surface area contributed by atoms with Crippen molar-refractivity contribution in [2.45, 2.75) is 13.5 Å². The predicted octanol–water partition coefficient (Wildman–Crippen LogP) is 5.02. The molecule has 0 unspecified atom stereocenters. The lowest BCUT2D eigenvalue weighted by atomic mass is 10.1. The maximum atomic E-state index is 12.8. The molecule has 0 spiro atoms. The SMILES string of the molecule is Cc1ccc(-c2nc3s/c(=C/c4ccc(OCc5ccc(Br)cc5)cc4)c(=O)n3n2)cc1. The van der Waals surface area contributed by atoms with Crippen LogP contribution in [0.4, 0.5) is 0 Å². The summed E-state index contributed by atoms with van der Waals surface area (Å²) in [5.74, 6) is 1.34. The Bertz CT molecular complexity index is 1490. The molecule has 0 atom stereocenters. The van der Waals surface area contributed by atoms with Crippen LogP contribution in [0.5, 0.6) is 5.75 Å². The molecular formula is C25H18BrN3O2S. The zero-order chi connectivity index (χ0) is 22.1. The fraction of sp³-hybridized carbons (Fsp3) is 0.0800. The lowest BCUT2D eigenvalue weighted by Crippen LogP contribution is -2.23. The molecule has 3 aromatic carbocycles. The van der Waals surface area contributed by atoms with E-state index >= 15 is 0 Å². The van der Waals surface area contributed by atoms with Crippen molar-refractivity contribution in [2.75, 3.05) is 0 Å². The second-order valence-electron chi connectivity index (χ2n) is 7.40. The van der Waals surface area contributed by atoms with Gasteiger partial charge in [0.15, 0.2) is 5.82 Å². The van der Waals surface area contributed by atoms with Gasteiger partial charge >= 0.3 is 0 Å². The van der Waals surface area contributed by atoms with E-state index in [1.54, 1.807) is 0 Å². The number of aryl methyl sites for hydroxylation is 1. The number of fused-ring (bicyclic) bond motifs is 1. The molecule has 0 aliphatic heterocycles. The number of halogens is 1. The fourth-order valence-corrected chi connectivity index (χ4v) is 4.39. The molecular weight excluding hydrogens is 486 g/mol. The Balaban J connectivity index is 1.35. The Kier molecular flexibility index (Phi) is 5.59. The third-order valence-electron chi connectivity index (χ3n) is 4.99. The van der Waals surface area contributed by atoms with Gasteiger partial charge in [-0.25, -0.2) is 0 Å². The van der Waals surface area contributed by atoms with Crippen molar-refractivity contribution in [1.29, 1.82) is 0 Å². The van der Waals surface area contributed by atoms with Crippen LogP contribution in [0.25, 0.3) is 22.4 Å². The van der Waals surface area contributed by atoms with Gasteiger partial charge in [0.1, 0.15) is 12.4 Å². The van der Waals surface area contributed by atoms with E-state index < -0.39 is 0 Å². The molecule has 5 aromatic rings. The Morgan fingerprint density at radius 1 is 1.00 bits per heavy atom. The summed E-state index contributed by atoms with van der Waals surface area (Å²) in [5.41, 5.74) is 3.92. The summed E-state index contributed by atoms with van der Waals surface area (Å²) in [4.78, 5) is 17.9. The number of benzene rings is 3. The molecule has 0 amide bonds. The van der Waals surface area contributed by atoms with Crippen molar-refractivity contribution in [2.24, 2.45) is 0 Å². The van der Waals surface area contributed by atoms with Crippen molar-refractivity contribution in [3.8, 4) is 17.1 Å². The van der Waals surface area contributed by atoms with Crippen LogP contribution >= 0.6 is 27.3 Å². The molecule has 0 saturated carbocycles.